The Balaban J connectivity index is 0. The van der Waals surface area contributed by atoms with E-state index in [2.05, 4.69) is 9.73 Å². The van der Waals surface area contributed by atoms with Crippen LogP contribution in [0.3, 0.4) is 0 Å². The minimum atomic E-state index is -0.122. The van der Waals surface area contributed by atoms with E-state index in [1.54, 1.807) is 13.1 Å². The molecular weight excluding hydrogens is 142 g/mol. The van der Waals surface area contributed by atoms with Crippen molar-refractivity contribution in [1.82, 2.24) is 5.32 Å². The fourth-order valence-corrected chi connectivity index (χ4v) is 0.538. The molecule has 0 spiro atoms. The summed E-state index contributed by atoms with van der Waals surface area (Å²) in [6.07, 6.45) is 2.86. The van der Waals surface area contributed by atoms with Crippen LogP contribution in [0.25, 0.3) is 0 Å². The van der Waals surface area contributed by atoms with Gasteiger partial charge in [-0.15, -0.1) is 0 Å². The zero-order chi connectivity index (χ0) is 8.69. The highest BCUT2D eigenvalue weighted by molar-refractivity contribution is 5.93. The maximum atomic E-state index is 10.7. The number of furan rings is 1. The number of nitrogens with one attached hydrogen (secondary N) is 1. The lowest BCUT2D eigenvalue weighted by atomic mass is 10.3. The van der Waals surface area contributed by atoms with E-state index in [1.165, 1.54) is 12.5 Å². The quantitative estimate of drug-likeness (QED) is 0.676. The van der Waals surface area contributed by atoms with Gasteiger partial charge in [-0.2, -0.15) is 0 Å². The summed E-state index contributed by atoms with van der Waals surface area (Å²) in [4.78, 5) is 10.7. The van der Waals surface area contributed by atoms with Gasteiger partial charge in [-0.05, 0) is 6.07 Å². The Labute approximate surface area is 67.9 Å². The molecule has 1 aromatic rings. The van der Waals surface area contributed by atoms with E-state index >= 15 is 0 Å². The molecule has 3 nitrogen and oxygen atoms in total. The molecule has 1 aromatic heterocycles. The molecule has 1 N–H and O–H groups in total. The molecule has 3 heteroatoms. The van der Waals surface area contributed by atoms with Gasteiger partial charge >= 0.3 is 0 Å². The van der Waals surface area contributed by atoms with E-state index < -0.39 is 0 Å². The molecule has 0 saturated carbocycles. The molecule has 64 valence electrons. The third-order valence-electron chi connectivity index (χ3n) is 1.01. The molecule has 0 radical (unpaired) electrons. The van der Waals surface area contributed by atoms with Gasteiger partial charge in [0.05, 0.1) is 11.8 Å². The van der Waals surface area contributed by atoms with Crippen LogP contribution in [0.2, 0.25) is 0 Å². The van der Waals surface area contributed by atoms with Gasteiger partial charge in [-0.25, -0.2) is 0 Å². The molecule has 0 atom stereocenters. The van der Waals surface area contributed by atoms with Gasteiger partial charge in [0.25, 0.3) is 5.91 Å². The monoisotopic (exact) mass is 157 g/mol. The predicted octanol–water partition coefficient (Wildman–Crippen LogP) is 1.91. The van der Waals surface area contributed by atoms with Gasteiger partial charge in [0.2, 0.25) is 0 Å². The molecule has 0 fully saturated rings. The fraction of sp³-hybridized carbons (Fsp3) is 0.375. The summed E-state index contributed by atoms with van der Waals surface area (Å²) in [7, 11) is 1.58. The average Bonchev–Trinajstić information content (AvgIpc) is 2.59. The summed E-state index contributed by atoms with van der Waals surface area (Å²) in [5, 5.41) is 2.47. The topological polar surface area (TPSA) is 42.2 Å². The van der Waals surface area contributed by atoms with Gasteiger partial charge in [0.15, 0.2) is 0 Å². The lowest BCUT2D eigenvalue weighted by Gasteiger charge is -1.89. The molecule has 1 heterocycles. The normalized spacial score (nSPS) is 7.91. The van der Waals surface area contributed by atoms with Gasteiger partial charge < -0.3 is 9.73 Å². The summed E-state index contributed by atoms with van der Waals surface area (Å²) < 4.78 is 4.68. The number of rotatable bonds is 1. The highest BCUT2D eigenvalue weighted by Crippen LogP contribution is 1.97. The number of carbonyl (C=O) groups excluding carboxylic acids is 1. The number of carbonyl (C=O) groups is 1. The standard InChI is InChI=1S/C6H7NO2.C2H6.H2/c1-7-6(8)5-2-3-9-4-5;1-2;/h2-4H,1H3,(H,7,8);1-2H3;1H. The zero-order valence-corrected chi connectivity index (χ0v) is 7.05. The predicted molar refractivity (Wildman–Crippen MR) is 45.6 cm³/mol. The first-order chi connectivity index (χ1) is 5.34. The van der Waals surface area contributed by atoms with Crippen molar-refractivity contribution in [3.05, 3.63) is 24.2 Å². The van der Waals surface area contributed by atoms with Gasteiger partial charge in [-0.1, -0.05) is 13.8 Å². The van der Waals surface area contributed by atoms with Crippen LogP contribution in [0.1, 0.15) is 25.6 Å². The average molecular weight is 157 g/mol. The molecule has 0 aliphatic rings. The van der Waals surface area contributed by atoms with E-state index in [4.69, 9.17) is 0 Å². The molecular formula is C8H15NO2. The van der Waals surface area contributed by atoms with Gasteiger partial charge in [0.1, 0.15) is 6.26 Å². The van der Waals surface area contributed by atoms with Crippen LogP contribution in [0, 0.1) is 0 Å². The van der Waals surface area contributed by atoms with E-state index in [-0.39, 0.29) is 7.33 Å². The van der Waals surface area contributed by atoms with E-state index in [9.17, 15) is 4.79 Å². The summed E-state index contributed by atoms with van der Waals surface area (Å²) in [6.45, 7) is 4.00. The smallest absolute Gasteiger partial charge is 0.254 e. The third kappa shape index (κ3) is 2.89. The first kappa shape index (κ1) is 9.75. The van der Waals surface area contributed by atoms with Gasteiger partial charge in [0, 0.05) is 8.47 Å². The maximum Gasteiger partial charge on any atom is 0.254 e. The van der Waals surface area contributed by atoms with Crippen molar-refractivity contribution in [1.29, 1.82) is 0 Å². The summed E-state index contributed by atoms with van der Waals surface area (Å²) in [6, 6.07) is 1.61. The Bertz CT molecular complexity index is 197. The van der Waals surface area contributed by atoms with Crippen LogP contribution in [0.5, 0.6) is 0 Å². The van der Waals surface area contributed by atoms with Crippen molar-refractivity contribution in [2.45, 2.75) is 13.8 Å². The minimum Gasteiger partial charge on any atom is -0.472 e. The second-order valence-electron chi connectivity index (χ2n) is 1.59. The molecule has 1 rings (SSSR count). The molecule has 0 unspecified atom stereocenters. The molecule has 0 aromatic carbocycles. The van der Waals surface area contributed by atoms with Crippen LogP contribution >= 0.6 is 0 Å². The molecule has 1 amide bonds. The Kier molecular flexibility index (Phi) is 4.90. The van der Waals surface area contributed by atoms with Crippen LogP contribution in [-0.2, 0) is 0 Å². The Hall–Kier alpha value is -1.25. The summed E-state index contributed by atoms with van der Waals surface area (Å²) >= 11 is 0. The van der Waals surface area contributed by atoms with Crippen LogP contribution in [-0.4, -0.2) is 13.0 Å². The van der Waals surface area contributed by atoms with E-state index in [0.717, 1.165) is 0 Å². The third-order valence-corrected chi connectivity index (χ3v) is 1.01. The fourth-order valence-electron chi connectivity index (χ4n) is 0.538. The Morgan fingerprint density at radius 3 is 2.64 bits per heavy atom. The lowest BCUT2D eigenvalue weighted by Crippen LogP contribution is -2.16. The molecule has 0 aliphatic carbocycles. The number of hydrogen-bond acceptors (Lipinski definition) is 2. The Morgan fingerprint density at radius 1 is 1.64 bits per heavy atom. The van der Waals surface area contributed by atoms with Gasteiger partial charge in [-0.3, -0.25) is 4.79 Å². The van der Waals surface area contributed by atoms with Crippen LogP contribution < -0.4 is 5.32 Å². The molecule has 0 saturated heterocycles. The highest BCUT2D eigenvalue weighted by Gasteiger charge is 2.01. The second-order valence-corrected chi connectivity index (χ2v) is 1.59. The highest BCUT2D eigenvalue weighted by atomic mass is 16.3. The van der Waals surface area contributed by atoms with Crippen LogP contribution in [0.15, 0.2) is 23.0 Å². The van der Waals surface area contributed by atoms with Crippen molar-refractivity contribution >= 4 is 5.91 Å². The van der Waals surface area contributed by atoms with Crippen molar-refractivity contribution in [3.63, 3.8) is 0 Å². The first-order valence-electron chi connectivity index (χ1n) is 3.59. The van der Waals surface area contributed by atoms with Crippen molar-refractivity contribution in [3.8, 4) is 0 Å². The van der Waals surface area contributed by atoms with E-state index in [1.807, 2.05) is 13.8 Å². The molecule has 0 bridgehead atoms. The Morgan fingerprint density at radius 2 is 2.27 bits per heavy atom. The van der Waals surface area contributed by atoms with Crippen LogP contribution in [0.4, 0.5) is 0 Å². The van der Waals surface area contributed by atoms with Crippen molar-refractivity contribution in [2.24, 2.45) is 0 Å². The molecule has 0 aliphatic heterocycles. The number of amides is 1. The molecule has 11 heavy (non-hydrogen) atoms. The summed E-state index contributed by atoms with van der Waals surface area (Å²) in [5.74, 6) is -0.122. The summed E-state index contributed by atoms with van der Waals surface area (Å²) in [5.41, 5.74) is 0.553. The van der Waals surface area contributed by atoms with Crippen molar-refractivity contribution in [2.75, 3.05) is 7.05 Å². The number of hydrogen-bond donors (Lipinski definition) is 1. The lowest BCUT2D eigenvalue weighted by molar-refractivity contribution is 0.0962. The van der Waals surface area contributed by atoms with E-state index in [0.29, 0.717) is 5.56 Å². The SMILES string of the molecule is CC.CNC(=O)c1ccoc1.[HH]. The minimum absolute atomic E-state index is 0. The second kappa shape index (κ2) is 5.53. The first-order valence-corrected chi connectivity index (χ1v) is 3.59. The maximum absolute atomic E-state index is 10.7. The zero-order valence-electron chi connectivity index (χ0n) is 7.05. The largest absolute Gasteiger partial charge is 0.472 e. The van der Waals surface area contributed by atoms with Crippen molar-refractivity contribution < 1.29 is 10.6 Å².